The molecule has 1 saturated carbocycles. The van der Waals surface area contributed by atoms with Crippen molar-refractivity contribution in [2.45, 2.75) is 64.3 Å². The van der Waals surface area contributed by atoms with E-state index < -0.39 is 29.2 Å². The number of hydrazine groups is 1. The molecule has 14 heteroatoms. The number of halogens is 1. The predicted octanol–water partition coefficient (Wildman–Crippen LogP) is 3.92. The number of H-pyrrole nitrogens is 1. The first-order valence-corrected chi connectivity index (χ1v) is 16.3. The highest BCUT2D eigenvalue weighted by atomic mass is 19.1. The molecule has 2 aliphatic heterocycles. The summed E-state index contributed by atoms with van der Waals surface area (Å²) in [7, 11) is 0. The Kier molecular flexibility index (Phi) is 9.82. The molecule has 1 aliphatic carbocycles. The van der Waals surface area contributed by atoms with Crippen LogP contribution in [0.5, 0.6) is 0 Å². The highest BCUT2D eigenvalue weighted by molar-refractivity contribution is 5.88. The van der Waals surface area contributed by atoms with E-state index in [-0.39, 0.29) is 19.0 Å². The molecular formula is C33H42FN7O6. The molecule has 3 aliphatic rings. The van der Waals surface area contributed by atoms with Gasteiger partial charge in [0.2, 0.25) is 12.2 Å². The summed E-state index contributed by atoms with van der Waals surface area (Å²) in [4.78, 5) is 43.4. The lowest BCUT2D eigenvalue weighted by Gasteiger charge is -2.39. The van der Waals surface area contributed by atoms with Crippen molar-refractivity contribution in [3.8, 4) is 22.6 Å². The van der Waals surface area contributed by atoms with Crippen LogP contribution in [0.2, 0.25) is 0 Å². The minimum atomic E-state index is -1.31. The zero-order chi connectivity index (χ0) is 33.0. The number of carbonyl (C=O) groups is 2. The Morgan fingerprint density at radius 1 is 1.09 bits per heavy atom. The maximum Gasteiger partial charge on any atom is 0.317 e. The fourth-order valence-electron chi connectivity index (χ4n) is 6.20. The number of hydrogen-bond donors (Lipinski definition) is 2. The van der Waals surface area contributed by atoms with Crippen LogP contribution in [0.25, 0.3) is 22.6 Å². The molecule has 1 amide bonds. The number of aromatic amines is 1. The van der Waals surface area contributed by atoms with Crippen LogP contribution < -0.4 is 10.7 Å². The molecule has 6 rings (SSSR count). The molecule has 2 saturated heterocycles. The van der Waals surface area contributed by atoms with Gasteiger partial charge in [-0.25, -0.2) is 24.4 Å². The molecule has 2 aromatic heterocycles. The van der Waals surface area contributed by atoms with Gasteiger partial charge < -0.3 is 29.7 Å². The zero-order valence-electron chi connectivity index (χ0n) is 26.9. The van der Waals surface area contributed by atoms with Crippen molar-refractivity contribution >= 4 is 17.8 Å². The van der Waals surface area contributed by atoms with Crippen LogP contribution in [0.4, 0.5) is 10.3 Å². The van der Waals surface area contributed by atoms with Gasteiger partial charge in [0, 0.05) is 31.4 Å². The lowest BCUT2D eigenvalue weighted by Crippen LogP contribution is -2.53. The van der Waals surface area contributed by atoms with Crippen molar-refractivity contribution in [3.63, 3.8) is 0 Å². The van der Waals surface area contributed by atoms with Crippen LogP contribution >= 0.6 is 0 Å². The predicted molar refractivity (Wildman–Crippen MR) is 169 cm³/mol. The van der Waals surface area contributed by atoms with Gasteiger partial charge >= 0.3 is 5.97 Å². The standard InChI is InChI=1S/C33H42FN7O6/c1-3-15-41(40-16-18-44-19-17-40)31-36-14-11-24(37-31)26-25(22-7-9-23(34)10-8-22)38-27(39-26)28-45-20-32(2,21-46-28)30(43)47-33(29(35)42)12-5-4-6-13-33/h7-11,14,28H,3-6,12-13,15-21H2,1-2H3,(H2,35,42)(H,38,39). The summed E-state index contributed by atoms with van der Waals surface area (Å²) < 4.78 is 37.4. The van der Waals surface area contributed by atoms with E-state index in [2.05, 4.69) is 26.9 Å². The van der Waals surface area contributed by atoms with Gasteiger partial charge in [0.1, 0.15) is 11.2 Å². The van der Waals surface area contributed by atoms with E-state index in [1.54, 1.807) is 31.3 Å². The second-order valence-corrected chi connectivity index (χ2v) is 12.6. The molecule has 3 aromatic rings. The highest BCUT2D eigenvalue weighted by Crippen LogP contribution is 2.39. The van der Waals surface area contributed by atoms with Crippen molar-refractivity contribution in [2.24, 2.45) is 11.1 Å². The Morgan fingerprint density at radius 3 is 2.45 bits per heavy atom. The molecule has 13 nitrogen and oxygen atoms in total. The number of benzene rings is 1. The van der Waals surface area contributed by atoms with Gasteiger partial charge in [0.05, 0.1) is 43.5 Å². The van der Waals surface area contributed by atoms with Gasteiger partial charge in [-0.15, -0.1) is 0 Å². The van der Waals surface area contributed by atoms with Gasteiger partial charge in [-0.3, -0.25) is 14.6 Å². The quantitative estimate of drug-likeness (QED) is 0.306. The van der Waals surface area contributed by atoms with E-state index in [1.807, 2.05) is 0 Å². The number of ether oxygens (including phenoxy) is 4. The van der Waals surface area contributed by atoms with Crippen LogP contribution in [0, 0.1) is 11.2 Å². The van der Waals surface area contributed by atoms with Crippen LogP contribution in [-0.2, 0) is 28.5 Å². The largest absolute Gasteiger partial charge is 0.448 e. The molecule has 0 bridgehead atoms. The van der Waals surface area contributed by atoms with E-state index in [0.717, 1.165) is 45.3 Å². The molecule has 3 N–H and O–H groups in total. The maximum atomic E-state index is 13.9. The molecular weight excluding hydrogens is 609 g/mol. The monoisotopic (exact) mass is 651 g/mol. The van der Waals surface area contributed by atoms with Crippen molar-refractivity contribution in [3.05, 3.63) is 48.2 Å². The number of nitrogens with zero attached hydrogens (tertiary/aromatic N) is 5. The number of amides is 1. The SMILES string of the molecule is CCCN(c1nccc(-c2[nH]c(C3OCC(C)(C(=O)OC4(C(N)=O)CCCCC4)CO3)nc2-c2ccc(F)cc2)n1)N1CCOCC1. The average molecular weight is 652 g/mol. The van der Waals surface area contributed by atoms with Crippen LogP contribution in [0.15, 0.2) is 36.5 Å². The number of hydrogen-bond acceptors (Lipinski definition) is 11. The van der Waals surface area contributed by atoms with Crippen molar-refractivity contribution in [1.29, 1.82) is 0 Å². The van der Waals surface area contributed by atoms with Gasteiger partial charge in [-0.2, -0.15) is 0 Å². The second kappa shape index (κ2) is 14.0. The third kappa shape index (κ3) is 7.00. The fourth-order valence-corrected chi connectivity index (χ4v) is 6.20. The van der Waals surface area contributed by atoms with Crippen molar-refractivity contribution < 1.29 is 32.9 Å². The number of morpholine rings is 1. The lowest BCUT2D eigenvalue weighted by atomic mass is 9.83. The minimum absolute atomic E-state index is 0.0313. The molecule has 1 aromatic carbocycles. The zero-order valence-corrected chi connectivity index (χ0v) is 26.9. The molecule has 252 valence electrons. The first-order chi connectivity index (χ1) is 22.7. The number of anilines is 1. The summed E-state index contributed by atoms with van der Waals surface area (Å²) in [5, 5.41) is 4.26. The molecule has 0 spiro atoms. The number of aromatic nitrogens is 4. The minimum Gasteiger partial charge on any atom is -0.448 e. The van der Waals surface area contributed by atoms with Crippen molar-refractivity contribution in [2.75, 3.05) is 51.1 Å². The van der Waals surface area contributed by atoms with E-state index in [9.17, 15) is 14.0 Å². The topological polar surface area (TPSA) is 158 Å². The summed E-state index contributed by atoms with van der Waals surface area (Å²) in [6.45, 7) is 7.17. The van der Waals surface area contributed by atoms with E-state index >= 15 is 0 Å². The first kappa shape index (κ1) is 32.9. The van der Waals surface area contributed by atoms with Crippen LogP contribution in [0.1, 0.15) is 64.5 Å². The van der Waals surface area contributed by atoms with E-state index in [1.165, 1.54) is 12.1 Å². The lowest BCUT2D eigenvalue weighted by molar-refractivity contribution is -0.243. The summed E-state index contributed by atoms with van der Waals surface area (Å²) in [5.41, 5.74) is 5.57. The summed E-state index contributed by atoms with van der Waals surface area (Å²) in [6, 6.07) is 7.82. The molecule has 0 radical (unpaired) electrons. The highest BCUT2D eigenvalue weighted by Gasteiger charge is 2.48. The number of rotatable bonds is 10. The number of primary amides is 1. The average Bonchev–Trinajstić information content (AvgIpc) is 3.54. The normalized spacial score (nSPS) is 23.3. The summed E-state index contributed by atoms with van der Waals surface area (Å²) >= 11 is 0. The maximum absolute atomic E-state index is 13.9. The molecule has 47 heavy (non-hydrogen) atoms. The molecule has 3 fully saturated rings. The Hall–Kier alpha value is -3.98. The van der Waals surface area contributed by atoms with Gasteiger partial charge in [-0.1, -0.05) is 13.3 Å². The Labute approximate surface area is 272 Å². The third-order valence-corrected chi connectivity index (χ3v) is 8.95. The number of esters is 1. The summed E-state index contributed by atoms with van der Waals surface area (Å²) in [5.74, 6) is -0.688. The number of nitrogens with one attached hydrogen (secondary N) is 1. The summed E-state index contributed by atoms with van der Waals surface area (Å²) in [6.07, 6.45) is 4.96. The Morgan fingerprint density at radius 2 is 1.79 bits per heavy atom. The Bertz CT molecular complexity index is 1550. The second-order valence-electron chi connectivity index (χ2n) is 12.6. The van der Waals surface area contributed by atoms with Crippen LogP contribution in [0.3, 0.4) is 0 Å². The van der Waals surface area contributed by atoms with E-state index in [0.29, 0.717) is 60.5 Å². The molecule has 0 unspecified atom stereocenters. The third-order valence-electron chi connectivity index (χ3n) is 8.95. The number of imidazole rings is 1. The van der Waals surface area contributed by atoms with Crippen LogP contribution in [-0.4, -0.2) is 88.5 Å². The number of carbonyl (C=O) groups excluding carboxylic acids is 2. The first-order valence-electron chi connectivity index (χ1n) is 16.3. The smallest absolute Gasteiger partial charge is 0.317 e. The number of nitrogens with two attached hydrogens (primary N) is 1. The molecule has 0 atom stereocenters. The van der Waals surface area contributed by atoms with Gasteiger partial charge in [0.15, 0.2) is 11.4 Å². The van der Waals surface area contributed by atoms with Crippen molar-refractivity contribution in [1.82, 2.24) is 24.9 Å². The Balaban J connectivity index is 1.26. The van der Waals surface area contributed by atoms with Gasteiger partial charge in [0.25, 0.3) is 5.91 Å². The molecule has 4 heterocycles. The van der Waals surface area contributed by atoms with E-state index in [4.69, 9.17) is 34.6 Å². The van der Waals surface area contributed by atoms with Gasteiger partial charge in [-0.05, 0) is 69.4 Å². The fraction of sp³-hybridized carbons (Fsp3) is 0.545.